The fourth-order valence-electron chi connectivity index (χ4n) is 2.11. The Morgan fingerprint density at radius 2 is 2.10 bits per heavy atom. The number of pyridine rings is 1. The Kier molecular flexibility index (Phi) is 6.66. The zero-order chi connectivity index (χ0) is 15.8. The fourth-order valence-corrected chi connectivity index (χ4v) is 2.11. The number of hydrogen-bond acceptors (Lipinski definition) is 4. The quantitative estimate of drug-likeness (QED) is 0.804. The second kappa shape index (κ2) is 8.25. The third kappa shape index (κ3) is 4.45. The van der Waals surface area contributed by atoms with Crippen molar-refractivity contribution in [3.8, 4) is 5.75 Å². The highest BCUT2D eigenvalue weighted by Crippen LogP contribution is 2.32. The van der Waals surface area contributed by atoms with Gasteiger partial charge in [-0.3, -0.25) is 4.99 Å². The molecule has 0 aromatic carbocycles. The van der Waals surface area contributed by atoms with E-state index in [0.717, 1.165) is 41.0 Å². The van der Waals surface area contributed by atoms with Crippen molar-refractivity contribution in [2.45, 2.75) is 40.5 Å². The van der Waals surface area contributed by atoms with Crippen LogP contribution in [0, 0.1) is 0 Å². The molecule has 0 amide bonds. The molecule has 0 fully saturated rings. The van der Waals surface area contributed by atoms with Crippen LogP contribution in [0.25, 0.3) is 5.57 Å². The third-order valence-electron chi connectivity index (χ3n) is 3.25. The van der Waals surface area contributed by atoms with E-state index in [1.165, 1.54) is 0 Å². The minimum atomic E-state index is 0.529. The van der Waals surface area contributed by atoms with Crippen LogP contribution in [0.1, 0.15) is 45.2 Å². The zero-order valence-electron chi connectivity index (χ0n) is 13.6. The number of allylic oxidation sites excluding steroid dienone is 4. The lowest BCUT2D eigenvalue weighted by Gasteiger charge is -2.14. The van der Waals surface area contributed by atoms with Crippen molar-refractivity contribution in [3.63, 3.8) is 0 Å². The number of nitrogens with zero attached hydrogens (tertiary/aromatic N) is 2. The highest BCUT2D eigenvalue weighted by Gasteiger charge is 2.13. The van der Waals surface area contributed by atoms with Gasteiger partial charge in [-0.2, -0.15) is 0 Å². The van der Waals surface area contributed by atoms with E-state index in [1.807, 2.05) is 26.8 Å². The lowest BCUT2D eigenvalue weighted by atomic mass is 10.0. The molecule has 0 aliphatic rings. The molecule has 2 N–H and O–H groups in total. The van der Waals surface area contributed by atoms with Crippen molar-refractivity contribution in [2.75, 3.05) is 12.8 Å². The number of aliphatic imine (C=N–C) groups is 1. The molecule has 0 saturated heterocycles. The number of anilines is 1. The largest absolute Gasteiger partial charge is 0.496 e. The first-order valence-corrected chi connectivity index (χ1v) is 7.24. The Labute approximate surface area is 127 Å². The molecule has 0 aliphatic carbocycles. The maximum atomic E-state index is 5.91. The van der Waals surface area contributed by atoms with Crippen LogP contribution in [0.3, 0.4) is 0 Å². The summed E-state index contributed by atoms with van der Waals surface area (Å²) in [6, 6.07) is 0. The van der Waals surface area contributed by atoms with Crippen LogP contribution < -0.4 is 10.5 Å². The van der Waals surface area contributed by atoms with Crippen molar-refractivity contribution in [1.29, 1.82) is 0 Å². The Hall–Kier alpha value is -2.10. The molecule has 114 valence electrons. The molecule has 0 radical (unpaired) electrons. The van der Waals surface area contributed by atoms with E-state index < -0.39 is 0 Å². The molecule has 0 saturated carbocycles. The molecule has 0 unspecified atom stereocenters. The van der Waals surface area contributed by atoms with Gasteiger partial charge in [-0.25, -0.2) is 4.98 Å². The van der Waals surface area contributed by atoms with Gasteiger partial charge in [-0.1, -0.05) is 19.9 Å². The van der Waals surface area contributed by atoms with Crippen LogP contribution in [0.5, 0.6) is 5.75 Å². The highest BCUT2D eigenvalue weighted by molar-refractivity contribution is 5.86. The first kappa shape index (κ1) is 17.0. The van der Waals surface area contributed by atoms with E-state index in [1.54, 1.807) is 19.5 Å². The highest BCUT2D eigenvalue weighted by atomic mass is 16.5. The molecule has 0 spiro atoms. The summed E-state index contributed by atoms with van der Waals surface area (Å²) in [6.45, 7) is 8.14. The minimum Gasteiger partial charge on any atom is -0.496 e. The second-order valence-electron chi connectivity index (χ2n) is 4.80. The summed E-state index contributed by atoms with van der Waals surface area (Å²) in [7, 11) is 1.66. The lowest BCUT2D eigenvalue weighted by Crippen LogP contribution is -2.03. The number of nitrogens with two attached hydrogens (primary N) is 1. The van der Waals surface area contributed by atoms with Gasteiger partial charge in [0.1, 0.15) is 11.6 Å². The molecule has 1 aromatic rings. The van der Waals surface area contributed by atoms with E-state index in [0.29, 0.717) is 5.82 Å². The summed E-state index contributed by atoms with van der Waals surface area (Å²) in [4.78, 5) is 8.62. The molecular formula is C17H25N3O. The van der Waals surface area contributed by atoms with Crippen molar-refractivity contribution in [2.24, 2.45) is 4.99 Å². The number of hydrogen-bond donors (Lipinski definition) is 1. The van der Waals surface area contributed by atoms with E-state index >= 15 is 0 Å². The summed E-state index contributed by atoms with van der Waals surface area (Å²) in [6.07, 6.45) is 9.37. The Bertz CT molecular complexity index is 572. The van der Waals surface area contributed by atoms with Crippen LogP contribution in [0.2, 0.25) is 0 Å². The molecule has 4 nitrogen and oxygen atoms in total. The summed E-state index contributed by atoms with van der Waals surface area (Å²) in [5.74, 6) is 1.33. The van der Waals surface area contributed by atoms with E-state index in [9.17, 15) is 0 Å². The third-order valence-corrected chi connectivity index (χ3v) is 3.25. The standard InChI is InChI=1S/C17H25N3O/c1-6-8-13(4)19-10-9-12(3)15-11-20-17(18)14(7-2)16(15)21-5/h8-11H,6-7H2,1-5H3,(H2,18,20)/b12-9+,13-8+,19-10+. The van der Waals surface area contributed by atoms with E-state index in [2.05, 4.69) is 23.0 Å². The predicted octanol–water partition coefficient (Wildman–Crippen LogP) is 4.02. The minimum absolute atomic E-state index is 0.529. The normalized spacial score (nSPS) is 13.0. The smallest absolute Gasteiger partial charge is 0.134 e. The van der Waals surface area contributed by atoms with E-state index in [4.69, 9.17) is 10.5 Å². The first-order valence-electron chi connectivity index (χ1n) is 7.24. The molecule has 1 aromatic heterocycles. The molecule has 21 heavy (non-hydrogen) atoms. The van der Waals surface area contributed by atoms with Crippen LogP contribution in [-0.4, -0.2) is 18.3 Å². The molecule has 1 heterocycles. The molecule has 4 heteroatoms. The van der Waals surface area contributed by atoms with Crippen LogP contribution in [-0.2, 0) is 6.42 Å². The fraction of sp³-hybridized carbons (Fsp3) is 0.412. The van der Waals surface area contributed by atoms with Crippen molar-refractivity contribution >= 4 is 17.6 Å². The van der Waals surface area contributed by atoms with E-state index in [-0.39, 0.29) is 0 Å². The summed E-state index contributed by atoms with van der Waals surface area (Å²) >= 11 is 0. The predicted molar refractivity (Wildman–Crippen MR) is 90.8 cm³/mol. The van der Waals surface area contributed by atoms with Crippen molar-refractivity contribution in [1.82, 2.24) is 4.98 Å². The number of rotatable bonds is 6. The summed E-state index contributed by atoms with van der Waals surface area (Å²) in [5, 5.41) is 0. The number of ether oxygens (including phenoxy) is 1. The SMILES string of the molecule is CC/C=C(C)/N=C/C=C(\C)c1cnc(N)c(CC)c1OC. The van der Waals surface area contributed by atoms with Crippen LogP contribution in [0.4, 0.5) is 5.82 Å². The second-order valence-corrected chi connectivity index (χ2v) is 4.80. The maximum Gasteiger partial charge on any atom is 0.134 e. The Morgan fingerprint density at radius 1 is 1.38 bits per heavy atom. The Morgan fingerprint density at radius 3 is 2.67 bits per heavy atom. The van der Waals surface area contributed by atoms with Gasteiger partial charge in [0.2, 0.25) is 0 Å². The molecule has 1 rings (SSSR count). The number of nitrogen functional groups attached to an aromatic ring is 1. The van der Waals surface area contributed by atoms with Gasteiger partial charge in [0.25, 0.3) is 0 Å². The molecule has 0 atom stereocenters. The first-order chi connectivity index (χ1) is 10.0. The maximum absolute atomic E-state index is 5.91. The average Bonchev–Trinajstić information content (AvgIpc) is 2.46. The number of aromatic nitrogens is 1. The summed E-state index contributed by atoms with van der Waals surface area (Å²) in [5.41, 5.74) is 9.86. The zero-order valence-corrected chi connectivity index (χ0v) is 13.6. The van der Waals surface area contributed by atoms with Crippen molar-refractivity contribution < 1.29 is 4.74 Å². The van der Waals surface area contributed by atoms with Gasteiger partial charge in [-0.15, -0.1) is 0 Å². The molecule has 0 aliphatic heterocycles. The van der Waals surface area contributed by atoms with Gasteiger partial charge in [0.15, 0.2) is 0 Å². The van der Waals surface area contributed by atoms with Crippen LogP contribution in [0.15, 0.2) is 29.0 Å². The van der Waals surface area contributed by atoms with Gasteiger partial charge in [0.05, 0.1) is 7.11 Å². The average molecular weight is 287 g/mol. The van der Waals surface area contributed by atoms with Crippen LogP contribution >= 0.6 is 0 Å². The number of methoxy groups -OCH3 is 1. The molecule has 0 bridgehead atoms. The van der Waals surface area contributed by atoms with Gasteiger partial charge in [0, 0.05) is 29.2 Å². The monoisotopic (exact) mass is 287 g/mol. The topological polar surface area (TPSA) is 60.5 Å². The molecular weight excluding hydrogens is 262 g/mol. The summed E-state index contributed by atoms with van der Waals surface area (Å²) < 4.78 is 5.52. The Balaban J connectivity index is 3.13. The van der Waals surface area contributed by atoms with Gasteiger partial charge < -0.3 is 10.5 Å². The van der Waals surface area contributed by atoms with Gasteiger partial charge >= 0.3 is 0 Å². The lowest BCUT2D eigenvalue weighted by molar-refractivity contribution is 0.408. The van der Waals surface area contributed by atoms with Crippen molar-refractivity contribution in [3.05, 3.63) is 35.2 Å². The van der Waals surface area contributed by atoms with Gasteiger partial charge in [-0.05, 0) is 38.3 Å².